The number of aromatic amines is 1. The van der Waals surface area contributed by atoms with Crippen molar-refractivity contribution >= 4 is 22.7 Å². The zero-order valence-corrected chi connectivity index (χ0v) is 20.8. The smallest absolute Gasteiger partial charge is 0.248 e. The molecule has 8 nitrogen and oxygen atoms in total. The Labute approximate surface area is 201 Å². The van der Waals surface area contributed by atoms with Gasteiger partial charge < -0.3 is 26.0 Å². The summed E-state index contributed by atoms with van der Waals surface area (Å²) in [7, 11) is 2.09. The summed E-state index contributed by atoms with van der Waals surface area (Å²) in [5.41, 5.74) is 8.92. The van der Waals surface area contributed by atoms with E-state index in [-0.39, 0.29) is 18.1 Å². The van der Waals surface area contributed by atoms with E-state index in [1.807, 2.05) is 25.1 Å². The Morgan fingerprint density at radius 3 is 2.65 bits per heavy atom. The molecule has 0 aliphatic carbocycles. The van der Waals surface area contributed by atoms with Crippen LogP contribution in [0.15, 0.2) is 35.3 Å². The number of fused-ring (bicyclic) bond motifs is 1. The van der Waals surface area contributed by atoms with E-state index in [9.17, 15) is 9.90 Å². The van der Waals surface area contributed by atoms with Gasteiger partial charge in [-0.1, -0.05) is 39.2 Å². The number of unbranched alkanes of at least 4 members (excludes halogenated alkanes) is 2. The third-order valence-electron chi connectivity index (χ3n) is 6.22. The highest BCUT2D eigenvalue weighted by atomic mass is 16.3. The van der Waals surface area contributed by atoms with Gasteiger partial charge in [0.05, 0.1) is 17.7 Å². The minimum Gasteiger partial charge on any atom is -0.394 e. The third-order valence-corrected chi connectivity index (χ3v) is 6.22. The van der Waals surface area contributed by atoms with Crippen LogP contribution in [0.25, 0.3) is 22.0 Å². The number of H-pyrrole nitrogens is 1. The first-order valence-corrected chi connectivity index (χ1v) is 12.2. The number of nitrogens with zero attached hydrogens (tertiary/aromatic N) is 3. The number of anilines is 2. The highest BCUT2D eigenvalue weighted by molar-refractivity contribution is 5.93. The monoisotopic (exact) mass is 466 g/mol. The lowest BCUT2D eigenvalue weighted by Crippen LogP contribution is -2.39. The van der Waals surface area contributed by atoms with Gasteiger partial charge in [-0.3, -0.25) is 4.79 Å². The molecular weight excluding hydrogens is 428 g/mol. The van der Waals surface area contributed by atoms with Crippen LogP contribution in [0.3, 0.4) is 0 Å². The van der Waals surface area contributed by atoms with E-state index in [0.717, 1.165) is 67.3 Å². The second-order valence-corrected chi connectivity index (χ2v) is 9.44. The topological polar surface area (TPSA) is 120 Å². The summed E-state index contributed by atoms with van der Waals surface area (Å²) in [6.45, 7) is 8.00. The molecule has 0 spiro atoms. The quantitative estimate of drug-likeness (QED) is 0.316. The number of rotatable bonds is 12. The molecule has 34 heavy (non-hydrogen) atoms. The summed E-state index contributed by atoms with van der Waals surface area (Å²) < 4.78 is 0. The van der Waals surface area contributed by atoms with Crippen molar-refractivity contribution in [2.75, 3.05) is 31.2 Å². The molecule has 184 valence electrons. The predicted molar refractivity (Wildman–Crippen MR) is 140 cm³/mol. The molecule has 3 rings (SSSR count). The first-order chi connectivity index (χ1) is 16.3. The fourth-order valence-electron chi connectivity index (χ4n) is 4.14. The lowest BCUT2D eigenvalue weighted by molar-refractivity contribution is 0.212. The summed E-state index contributed by atoms with van der Waals surface area (Å²) in [6.07, 6.45) is 6.91. The van der Waals surface area contributed by atoms with Gasteiger partial charge in [-0.15, -0.1) is 0 Å². The van der Waals surface area contributed by atoms with Crippen LogP contribution < -0.4 is 16.6 Å². The number of nitrogen functional groups attached to an aromatic ring is 1. The van der Waals surface area contributed by atoms with Gasteiger partial charge in [-0.25, -0.2) is 4.98 Å². The van der Waals surface area contributed by atoms with Crippen LogP contribution in [0.1, 0.15) is 58.4 Å². The largest absolute Gasteiger partial charge is 0.394 e. The zero-order valence-electron chi connectivity index (χ0n) is 20.8. The third kappa shape index (κ3) is 6.33. The molecule has 1 aromatic carbocycles. The highest BCUT2D eigenvalue weighted by Gasteiger charge is 2.24. The average Bonchev–Trinajstić information content (AvgIpc) is 2.82. The van der Waals surface area contributed by atoms with E-state index in [1.54, 1.807) is 12.3 Å². The number of pyridine rings is 1. The fourth-order valence-corrected chi connectivity index (χ4v) is 4.14. The lowest BCUT2D eigenvalue weighted by Gasteiger charge is -2.30. The Morgan fingerprint density at radius 2 is 1.94 bits per heavy atom. The van der Waals surface area contributed by atoms with E-state index < -0.39 is 5.54 Å². The van der Waals surface area contributed by atoms with Crippen molar-refractivity contribution in [3.63, 3.8) is 0 Å². The van der Waals surface area contributed by atoms with Gasteiger partial charge in [0.25, 0.3) is 0 Å². The Kier molecular flexibility index (Phi) is 8.63. The van der Waals surface area contributed by atoms with Crippen molar-refractivity contribution in [3.8, 4) is 11.1 Å². The normalized spacial score (nSPS) is 13.4. The summed E-state index contributed by atoms with van der Waals surface area (Å²) in [4.78, 5) is 26.1. The van der Waals surface area contributed by atoms with Crippen LogP contribution in [0.2, 0.25) is 0 Å². The van der Waals surface area contributed by atoms with Crippen LogP contribution in [0.5, 0.6) is 0 Å². The molecule has 0 fully saturated rings. The zero-order chi connectivity index (χ0) is 24.7. The second kappa shape index (κ2) is 11.4. The molecule has 0 aliphatic rings. The molecule has 0 saturated carbocycles. The van der Waals surface area contributed by atoms with E-state index in [0.29, 0.717) is 11.3 Å². The maximum absolute atomic E-state index is 12.2. The van der Waals surface area contributed by atoms with Gasteiger partial charge in [0.1, 0.15) is 5.82 Å². The standard InChI is InChI=1S/C26H38N6O2/c1-5-7-11-26(3,17-33)31-24-20-10-9-18(13-22(20)29-25(27)30-24)21-14-23(34)28-15-19(21)16-32(4)12-8-6-2/h9-10,13-15,33H,5-8,11-12,16-17H2,1-4H3,(H,28,34)(H3,27,29,30,31)/t26-/m1/s1. The maximum atomic E-state index is 12.2. The van der Waals surface area contributed by atoms with E-state index in [1.165, 1.54) is 0 Å². The van der Waals surface area contributed by atoms with Crippen molar-refractivity contribution in [3.05, 3.63) is 46.4 Å². The number of benzene rings is 1. The molecule has 2 aromatic heterocycles. The summed E-state index contributed by atoms with van der Waals surface area (Å²) in [6, 6.07) is 7.53. The number of aliphatic hydroxyl groups is 1. The van der Waals surface area contributed by atoms with Crippen molar-refractivity contribution in [2.24, 2.45) is 0 Å². The van der Waals surface area contributed by atoms with Gasteiger partial charge in [0.2, 0.25) is 11.5 Å². The molecule has 0 saturated heterocycles. The van der Waals surface area contributed by atoms with Gasteiger partial charge in [-0.2, -0.15) is 4.98 Å². The minimum absolute atomic E-state index is 0.0157. The Morgan fingerprint density at radius 1 is 1.18 bits per heavy atom. The number of nitrogens with one attached hydrogen (secondary N) is 2. The Bertz CT molecular complexity index is 1160. The molecule has 5 N–H and O–H groups in total. The summed E-state index contributed by atoms with van der Waals surface area (Å²) >= 11 is 0. The summed E-state index contributed by atoms with van der Waals surface area (Å²) in [5, 5.41) is 14.2. The van der Waals surface area contributed by atoms with Crippen LogP contribution >= 0.6 is 0 Å². The van der Waals surface area contributed by atoms with Crippen molar-refractivity contribution < 1.29 is 5.11 Å². The number of nitrogens with two attached hydrogens (primary N) is 1. The average molecular weight is 467 g/mol. The number of aromatic nitrogens is 3. The van der Waals surface area contributed by atoms with Gasteiger partial charge in [0, 0.05) is 24.2 Å². The van der Waals surface area contributed by atoms with E-state index in [2.05, 4.69) is 46.1 Å². The molecule has 0 unspecified atom stereocenters. The maximum Gasteiger partial charge on any atom is 0.248 e. The van der Waals surface area contributed by atoms with E-state index in [4.69, 9.17) is 5.73 Å². The first kappa shape index (κ1) is 25.6. The van der Waals surface area contributed by atoms with Crippen LogP contribution in [0.4, 0.5) is 11.8 Å². The minimum atomic E-state index is -0.509. The molecule has 0 amide bonds. The SMILES string of the molecule is CCCCN(C)Cc1c[nH]c(=O)cc1-c1ccc2c(N[C@@](C)(CO)CCCC)nc(N)nc2c1. The molecule has 1 atom stereocenters. The number of hydrogen-bond donors (Lipinski definition) is 4. The van der Waals surface area contributed by atoms with Crippen molar-refractivity contribution in [2.45, 2.75) is 65.0 Å². The predicted octanol–water partition coefficient (Wildman–Crippen LogP) is 4.15. The molecule has 0 radical (unpaired) electrons. The first-order valence-electron chi connectivity index (χ1n) is 12.2. The van der Waals surface area contributed by atoms with Crippen molar-refractivity contribution in [1.29, 1.82) is 0 Å². The van der Waals surface area contributed by atoms with E-state index >= 15 is 0 Å². The van der Waals surface area contributed by atoms with Crippen LogP contribution in [-0.4, -0.2) is 50.7 Å². The number of aliphatic hydroxyl groups excluding tert-OH is 1. The Hall–Kier alpha value is -2.97. The molecule has 3 aromatic rings. The number of hydrogen-bond acceptors (Lipinski definition) is 7. The Balaban J connectivity index is 2.01. The molecule has 0 bridgehead atoms. The second-order valence-electron chi connectivity index (χ2n) is 9.44. The summed E-state index contributed by atoms with van der Waals surface area (Å²) in [5.74, 6) is 0.764. The molecule has 8 heteroatoms. The van der Waals surface area contributed by atoms with Crippen LogP contribution in [-0.2, 0) is 6.54 Å². The van der Waals surface area contributed by atoms with Gasteiger partial charge in [-0.05, 0) is 62.2 Å². The molecule has 0 aliphatic heterocycles. The lowest BCUT2D eigenvalue weighted by atomic mass is 9.95. The molecular formula is C26H38N6O2. The van der Waals surface area contributed by atoms with Crippen LogP contribution in [0, 0.1) is 0 Å². The van der Waals surface area contributed by atoms with Gasteiger partial charge >= 0.3 is 0 Å². The van der Waals surface area contributed by atoms with Crippen molar-refractivity contribution in [1.82, 2.24) is 19.9 Å². The van der Waals surface area contributed by atoms with Gasteiger partial charge in [0.15, 0.2) is 0 Å². The fraction of sp³-hybridized carbons (Fsp3) is 0.500. The molecule has 2 heterocycles. The highest BCUT2D eigenvalue weighted by Crippen LogP contribution is 2.31.